The van der Waals surface area contributed by atoms with Crippen molar-refractivity contribution in [1.82, 2.24) is 5.32 Å². The van der Waals surface area contributed by atoms with Gasteiger partial charge in [-0.1, -0.05) is 102 Å². The predicted molar refractivity (Wildman–Crippen MR) is 153 cm³/mol. The summed E-state index contributed by atoms with van der Waals surface area (Å²) in [5.74, 6) is -0.313. The fraction of sp³-hybridized carbons (Fsp3) is 0.710. The zero-order valence-corrected chi connectivity index (χ0v) is 24.4. The highest BCUT2D eigenvalue weighted by Crippen LogP contribution is 2.17. The summed E-state index contributed by atoms with van der Waals surface area (Å²) in [5, 5.41) is 2.64. The first kappa shape index (κ1) is 33.5. The Morgan fingerprint density at radius 2 is 1.37 bits per heavy atom. The van der Waals surface area contributed by atoms with Gasteiger partial charge >= 0.3 is 12.1 Å². The predicted octanol–water partition coefficient (Wildman–Crippen LogP) is 6.86. The lowest BCUT2D eigenvalue weighted by atomic mass is 10.0. The molecular formula is C31H52N2O5. The maximum Gasteiger partial charge on any atom is 0.408 e. The molecule has 1 unspecified atom stereocenters. The summed E-state index contributed by atoms with van der Waals surface area (Å²) in [5.41, 5.74) is 5.61. The van der Waals surface area contributed by atoms with Crippen molar-refractivity contribution in [3.8, 4) is 0 Å². The molecule has 7 nitrogen and oxygen atoms in total. The fourth-order valence-corrected chi connectivity index (χ4v) is 4.33. The van der Waals surface area contributed by atoms with Crippen molar-refractivity contribution >= 4 is 18.0 Å². The number of unbranched alkanes of at least 4 members (excludes halogenated alkanes) is 8. The Morgan fingerprint density at radius 1 is 0.842 bits per heavy atom. The Labute approximate surface area is 230 Å². The Kier molecular flexibility index (Phi) is 16.4. The molecule has 0 bridgehead atoms. The van der Waals surface area contributed by atoms with Crippen molar-refractivity contribution in [2.75, 3.05) is 0 Å². The molecule has 2 amide bonds. The van der Waals surface area contributed by atoms with E-state index >= 15 is 0 Å². The standard InChI is InChI=1S/C31H52N2O5/c1-24(2)18-14-11-9-7-6-8-10-12-17-21-26(23-28(32)34)37-29(35)27(22-25-19-15-13-16-20-25)33-30(36)38-31(3,4)5/h13,15-16,19-20,24,26-27H,6-12,14,17-18,21-23H2,1-5H3,(H2,32,34)(H,33,36)/t26?,27-/m0/s1. The van der Waals surface area contributed by atoms with Gasteiger partial charge in [-0.05, 0) is 45.1 Å². The van der Waals surface area contributed by atoms with Gasteiger partial charge < -0.3 is 20.5 Å². The molecule has 1 rings (SSSR count). The summed E-state index contributed by atoms with van der Waals surface area (Å²) in [7, 11) is 0. The zero-order valence-electron chi connectivity index (χ0n) is 24.4. The largest absolute Gasteiger partial charge is 0.460 e. The molecular weight excluding hydrogens is 480 g/mol. The lowest BCUT2D eigenvalue weighted by Gasteiger charge is -2.25. The van der Waals surface area contributed by atoms with Gasteiger partial charge in [0.05, 0.1) is 6.42 Å². The van der Waals surface area contributed by atoms with Crippen molar-refractivity contribution in [3.05, 3.63) is 35.9 Å². The molecule has 1 aromatic rings. The van der Waals surface area contributed by atoms with Crippen molar-refractivity contribution in [1.29, 1.82) is 0 Å². The molecule has 0 radical (unpaired) electrons. The van der Waals surface area contributed by atoms with Crippen molar-refractivity contribution in [3.63, 3.8) is 0 Å². The summed E-state index contributed by atoms with van der Waals surface area (Å²) in [4.78, 5) is 37.2. The highest BCUT2D eigenvalue weighted by Gasteiger charge is 2.28. The Morgan fingerprint density at radius 3 is 1.87 bits per heavy atom. The van der Waals surface area contributed by atoms with Crippen molar-refractivity contribution in [2.45, 2.75) is 136 Å². The lowest BCUT2D eigenvalue weighted by molar-refractivity contribution is -0.153. The van der Waals surface area contributed by atoms with E-state index in [4.69, 9.17) is 15.2 Å². The lowest BCUT2D eigenvalue weighted by Crippen LogP contribution is -2.46. The number of hydrogen-bond donors (Lipinski definition) is 2. The van der Waals surface area contributed by atoms with Gasteiger partial charge in [0.15, 0.2) is 0 Å². The van der Waals surface area contributed by atoms with Gasteiger partial charge in [-0.3, -0.25) is 4.79 Å². The van der Waals surface area contributed by atoms with E-state index in [1.165, 1.54) is 44.9 Å². The molecule has 0 heterocycles. The van der Waals surface area contributed by atoms with Crippen LogP contribution in [0.1, 0.15) is 117 Å². The zero-order chi connectivity index (χ0) is 28.4. The van der Waals surface area contributed by atoms with Crippen LogP contribution in [-0.2, 0) is 25.5 Å². The molecule has 1 aromatic carbocycles. The van der Waals surface area contributed by atoms with Gasteiger partial charge in [0.25, 0.3) is 0 Å². The van der Waals surface area contributed by atoms with Crippen LogP contribution >= 0.6 is 0 Å². The third-order valence-electron chi connectivity index (χ3n) is 6.28. The molecule has 0 saturated heterocycles. The maximum atomic E-state index is 13.1. The number of carbonyl (C=O) groups excluding carboxylic acids is 3. The number of benzene rings is 1. The van der Waals surface area contributed by atoms with E-state index in [0.29, 0.717) is 6.42 Å². The van der Waals surface area contributed by atoms with Crippen LogP contribution < -0.4 is 11.1 Å². The van der Waals surface area contributed by atoms with Crippen molar-refractivity contribution in [2.24, 2.45) is 11.7 Å². The Bertz CT molecular complexity index is 804. The topological polar surface area (TPSA) is 108 Å². The van der Waals surface area contributed by atoms with Gasteiger partial charge in [0, 0.05) is 6.42 Å². The molecule has 0 spiro atoms. The maximum absolute atomic E-state index is 13.1. The number of nitrogens with two attached hydrogens (primary N) is 1. The van der Waals surface area contributed by atoms with Crippen LogP contribution in [0.25, 0.3) is 0 Å². The number of ether oxygens (including phenoxy) is 2. The van der Waals surface area contributed by atoms with Gasteiger partial charge in [0.2, 0.25) is 5.91 Å². The number of primary amides is 1. The highest BCUT2D eigenvalue weighted by atomic mass is 16.6. The second-order valence-corrected chi connectivity index (χ2v) is 11.8. The van der Waals surface area contributed by atoms with E-state index in [1.54, 1.807) is 20.8 Å². The Balaban J connectivity index is 2.54. The average Bonchev–Trinajstić information content (AvgIpc) is 2.80. The van der Waals surface area contributed by atoms with E-state index in [9.17, 15) is 14.4 Å². The van der Waals surface area contributed by atoms with Crippen LogP contribution in [0.5, 0.6) is 0 Å². The minimum absolute atomic E-state index is 0.0351. The van der Waals surface area contributed by atoms with Crippen LogP contribution in [0.2, 0.25) is 0 Å². The SMILES string of the molecule is CC(C)CCCCCCCCCCCC(CC(N)=O)OC(=O)[C@H](Cc1ccccc1)NC(=O)OC(C)(C)C. The second-order valence-electron chi connectivity index (χ2n) is 11.8. The first-order valence-electron chi connectivity index (χ1n) is 14.5. The molecule has 0 aliphatic carbocycles. The number of esters is 1. The molecule has 0 aliphatic heterocycles. The minimum atomic E-state index is -0.942. The molecule has 38 heavy (non-hydrogen) atoms. The molecule has 0 aromatic heterocycles. The van der Waals surface area contributed by atoms with Crippen LogP contribution in [0.3, 0.4) is 0 Å². The minimum Gasteiger partial charge on any atom is -0.460 e. The van der Waals surface area contributed by atoms with Gasteiger partial charge in [-0.25, -0.2) is 9.59 Å². The van der Waals surface area contributed by atoms with Crippen molar-refractivity contribution < 1.29 is 23.9 Å². The first-order chi connectivity index (χ1) is 18.0. The smallest absolute Gasteiger partial charge is 0.408 e. The fourth-order valence-electron chi connectivity index (χ4n) is 4.33. The average molecular weight is 533 g/mol. The quantitative estimate of drug-likeness (QED) is 0.149. The molecule has 2 atom stereocenters. The van der Waals surface area contributed by atoms with Crippen LogP contribution in [-0.4, -0.2) is 35.7 Å². The van der Waals surface area contributed by atoms with E-state index < -0.39 is 35.7 Å². The summed E-state index contributed by atoms with van der Waals surface area (Å²) in [6, 6.07) is 8.44. The monoisotopic (exact) mass is 532 g/mol. The Hall–Kier alpha value is -2.57. The molecule has 0 fully saturated rings. The van der Waals surface area contributed by atoms with Gasteiger partial charge in [0.1, 0.15) is 17.7 Å². The van der Waals surface area contributed by atoms with Gasteiger partial charge in [-0.15, -0.1) is 0 Å². The van der Waals surface area contributed by atoms with Crippen LogP contribution in [0, 0.1) is 5.92 Å². The summed E-state index contributed by atoms with van der Waals surface area (Å²) < 4.78 is 11.1. The van der Waals surface area contributed by atoms with Crippen LogP contribution in [0.15, 0.2) is 30.3 Å². The number of alkyl carbamates (subject to hydrolysis) is 1. The normalized spacial score (nSPS) is 13.1. The molecule has 7 heteroatoms. The van der Waals surface area contributed by atoms with E-state index in [0.717, 1.165) is 30.7 Å². The third kappa shape index (κ3) is 17.8. The van der Waals surface area contributed by atoms with Gasteiger partial charge in [-0.2, -0.15) is 0 Å². The summed E-state index contributed by atoms with van der Waals surface area (Å²) in [6.07, 6.45) is 11.5. The van der Waals surface area contributed by atoms with Crippen LogP contribution in [0.4, 0.5) is 4.79 Å². The molecule has 3 N–H and O–H groups in total. The van der Waals surface area contributed by atoms with E-state index in [2.05, 4.69) is 19.2 Å². The first-order valence-corrected chi connectivity index (χ1v) is 14.5. The third-order valence-corrected chi connectivity index (χ3v) is 6.28. The molecule has 216 valence electrons. The number of amides is 2. The number of rotatable bonds is 19. The summed E-state index contributed by atoms with van der Waals surface area (Å²) in [6.45, 7) is 9.83. The number of carbonyl (C=O) groups is 3. The van der Waals surface area contributed by atoms with E-state index in [1.807, 2.05) is 30.3 Å². The second kappa shape index (κ2) is 18.6. The highest BCUT2D eigenvalue weighted by molar-refractivity contribution is 5.82. The number of nitrogens with one attached hydrogen (secondary N) is 1. The number of hydrogen-bond acceptors (Lipinski definition) is 5. The molecule has 0 aliphatic rings. The summed E-state index contributed by atoms with van der Waals surface area (Å²) >= 11 is 0. The molecule has 0 saturated carbocycles. The van der Waals surface area contributed by atoms with E-state index in [-0.39, 0.29) is 12.8 Å².